The molecule has 0 radical (unpaired) electrons. The molecule has 2 aliphatic heterocycles. The summed E-state index contributed by atoms with van der Waals surface area (Å²) in [5.74, 6) is 0.816. The van der Waals surface area contributed by atoms with Gasteiger partial charge >= 0.3 is 0 Å². The SMILES string of the molecule is CN1CC[C@]23c4c5ccc(O)c4O[C@H]2[C@@]2(CO)CCC3(C[C@@H]2[C@](C)(O)C(C)(C)C)[C@H]1C5. The second kappa shape index (κ2) is 5.60. The van der Waals surface area contributed by atoms with E-state index in [0.29, 0.717) is 11.8 Å². The Kier molecular flexibility index (Phi) is 3.67. The van der Waals surface area contributed by atoms with Crippen LogP contribution in [0.3, 0.4) is 0 Å². The minimum Gasteiger partial charge on any atom is -0.504 e. The third-order valence-electron chi connectivity index (χ3n) is 11.0. The van der Waals surface area contributed by atoms with Crippen LogP contribution in [-0.2, 0) is 11.8 Å². The van der Waals surface area contributed by atoms with Crippen LogP contribution in [-0.4, -0.2) is 58.2 Å². The summed E-state index contributed by atoms with van der Waals surface area (Å²) in [5.41, 5.74) is 0.558. The van der Waals surface area contributed by atoms with E-state index in [1.54, 1.807) is 6.07 Å². The second-order valence-corrected chi connectivity index (χ2v) is 12.6. The Hall–Kier alpha value is -1.30. The second-order valence-electron chi connectivity index (χ2n) is 12.6. The molecule has 4 bridgehead atoms. The van der Waals surface area contributed by atoms with Gasteiger partial charge in [-0.25, -0.2) is 0 Å². The van der Waals surface area contributed by atoms with E-state index in [1.165, 1.54) is 11.1 Å². The number of nitrogens with zero attached hydrogens (tertiary/aromatic N) is 1. The van der Waals surface area contributed by atoms with Gasteiger partial charge in [0.2, 0.25) is 0 Å². The number of aliphatic hydroxyl groups excluding tert-OH is 1. The number of aromatic hydroxyl groups is 1. The van der Waals surface area contributed by atoms with Crippen LogP contribution in [0.15, 0.2) is 12.1 Å². The van der Waals surface area contributed by atoms with Gasteiger partial charge in [-0.3, -0.25) is 0 Å². The fourth-order valence-electron chi connectivity index (χ4n) is 9.03. The highest BCUT2D eigenvalue weighted by Gasteiger charge is 2.81. The van der Waals surface area contributed by atoms with Gasteiger partial charge in [-0.05, 0) is 75.6 Å². The van der Waals surface area contributed by atoms with Crippen molar-refractivity contribution in [3.8, 4) is 11.5 Å². The zero-order valence-electron chi connectivity index (χ0n) is 19.5. The van der Waals surface area contributed by atoms with Crippen LogP contribution in [0.5, 0.6) is 11.5 Å². The molecule has 7 rings (SSSR count). The van der Waals surface area contributed by atoms with E-state index in [9.17, 15) is 15.3 Å². The molecule has 3 saturated carbocycles. The lowest BCUT2D eigenvalue weighted by atomic mass is 9.31. The monoisotopic (exact) mass is 427 g/mol. The Balaban J connectivity index is 1.66. The Morgan fingerprint density at radius 3 is 2.58 bits per heavy atom. The Bertz CT molecular complexity index is 967. The molecular formula is C26H37NO4. The smallest absolute Gasteiger partial charge is 0.165 e. The summed E-state index contributed by atoms with van der Waals surface area (Å²) in [5, 5.41) is 33.8. The number of benzene rings is 1. The van der Waals surface area contributed by atoms with Gasteiger partial charge in [0.05, 0.1) is 12.2 Å². The molecule has 4 aliphatic carbocycles. The molecule has 1 aromatic carbocycles. The molecule has 170 valence electrons. The van der Waals surface area contributed by atoms with Crippen LogP contribution >= 0.6 is 0 Å². The Morgan fingerprint density at radius 2 is 1.90 bits per heavy atom. The molecule has 1 unspecified atom stereocenters. The first-order valence-corrected chi connectivity index (χ1v) is 12.0. The molecule has 1 aromatic rings. The molecule has 2 spiro atoms. The van der Waals surface area contributed by atoms with Crippen LogP contribution in [0.2, 0.25) is 0 Å². The van der Waals surface area contributed by atoms with Gasteiger partial charge in [-0.2, -0.15) is 0 Å². The summed E-state index contributed by atoms with van der Waals surface area (Å²) in [7, 11) is 2.25. The molecule has 31 heavy (non-hydrogen) atoms. The highest BCUT2D eigenvalue weighted by atomic mass is 16.5. The van der Waals surface area contributed by atoms with Crippen LogP contribution in [0.25, 0.3) is 0 Å². The topological polar surface area (TPSA) is 73.2 Å². The Labute approximate surface area is 185 Å². The zero-order chi connectivity index (χ0) is 22.2. The molecule has 6 aliphatic rings. The van der Waals surface area contributed by atoms with E-state index >= 15 is 0 Å². The van der Waals surface area contributed by atoms with E-state index in [-0.39, 0.29) is 40.6 Å². The number of likely N-dealkylation sites (tertiary alicyclic amines) is 1. The number of fused-ring (bicyclic) bond motifs is 2. The lowest BCUT2D eigenvalue weighted by molar-refractivity contribution is -0.287. The highest BCUT2D eigenvalue weighted by molar-refractivity contribution is 5.63. The van der Waals surface area contributed by atoms with E-state index in [0.717, 1.165) is 38.6 Å². The quantitative estimate of drug-likeness (QED) is 0.676. The van der Waals surface area contributed by atoms with Gasteiger partial charge < -0.3 is 25.0 Å². The summed E-state index contributed by atoms with van der Waals surface area (Å²) >= 11 is 0. The number of hydrogen-bond acceptors (Lipinski definition) is 5. The number of likely N-dealkylation sites (N-methyl/N-ethyl adjacent to an activating group) is 1. The van der Waals surface area contributed by atoms with Crippen molar-refractivity contribution in [3.05, 3.63) is 23.3 Å². The van der Waals surface area contributed by atoms with Gasteiger partial charge in [0.25, 0.3) is 0 Å². The van der Waals surface area contributed by atoms with Crippen molar-refractivity contribution >= 4 is 0 Å². The van der Waals surface area contributed by atoms with Gasteiger partial charge in [-0.1, -0.05) is 26.8 Å². The normalized spacial score (nSPS) is 44.5. The molecule has 1 saturated heterocycles. The third-order valence-corrected chi connectivity index (χ3v) is 11.0. The molecule has 7 atom stereocenters. The number of rotatable bonds is 2. The molecule has 0 amide bonds. The summed E-state index contributed by atoms with van der Waals surface area (Å²) in [6.07, 6.45) is 4.56. The fourth-order valence-corrected chi connectivity index (χ4v) is 9.03. The maximum Gasteiger partial charge on any atom is 0.165 e. The lowest BCUT2D eigenvalue weighted by Crippen LogP contribution is -2.81. The lowest BCUT2D eigenvalue weighted by Gasteiger charge is -2.75. The Morgan fingerprint density at radius 1 is 1.16 bits per heavy atom. The summed E-state index contributed by atoms with van der Waals surface area (Å²) in [4.78, 5) is 2.54. The average Bonchev–Trinajstić information content (AvgIpc) is 3.08. The number of phenolic OH excluding ortho intramolecular Hbond substituents is 1. The number of ether oxygens (including phenoxy) is 1. The summed E-state index contributed by atoms with van der Waals surface area (Å²) < 4.78 is 6.77. The van der Waals surface area contributed by atoms with E-state index in [4.69, 9.17) is 4.74 Å². The first-order valence-electron chi connectivity index (χ1n) is 12.0. The van der Waals surface area contributed by atoms with Crippen molar-refractivity contribution in [2.24, 2.45) is 22.2 Å². The van der Waals surface area contributed by atoms with Gasteiger partial charge in [0.1, 0.15) is 6.10 Å². The van der Waals surface area contributed by atoms with Gasteiger partial charge in [0, 0.05) is 27.9 Å². The van der Waals surface area contributed by atoms with E-state index in [2.05, 4.69) is 38.8 Å². The third kappa shape index (κ3) is 1.94. The molecule has 5 nitrogen and oxygen atoms in total. The van der Waals surface area contributed by atoms with Crippen molar-refractivity contribution in [1.29, 1.82) is 0 Å². The first-order chi connectivity index (χ1) is 14.5. The standard InChI is InChI=1S/C26H37NO4/c1-22(2,3)23(4,30)17-13-25-9-8-24(17,14-28)21-26(25)10-11-27(5)18(25)12-15-6-7-16(29)20(31-21)19(15)26/h6-7,17-18,21,28-30H,8-14H2,1-5H3/t17-,18-,21+,23+,24-,25?,26+/m1/s1. The highest BCUT2D eigenvalue weighted by Crippen LogP contribution is 2.79. The molecule has 3 N–H and O–H groups in total. The van der Waals surface area contributed by atoms with E-state index in [1.807, 2.05) is 6.92 Å². The van der Waals surface area contributed by atoms with Gasteiger partial charge in [-0.15, -0.1) is 0 Å². The predicted molar refractivity (Wildman–Crippen MR) is 118 cm³/mol. The molecular weight excluding hydrogens is 390 g/mol. The zero-order valence-corrected chi connectivity index (χ0v) is 19.5. The maximum atomic E-state index is 12.0. The van der Waals surface area contributed by atoms with Gasteiger partial charge in [0.15, 0.2) is 11.5 Å². The predicted octanol–water partition coefficient (Wildman–Crippen LogP) is 3.23. The average molecular weight is 428 g/mol. The number of phenols is 1. The van der Waals surface area contributed by atoms with Crippen molar-refractivity contribution in [3.63, 3.8) is 0 Å². The number of piperidine rings is 1. The van der Waals surface area contributed by atoms with Crippen LogP contribution < -0.4 is 4.74 Å². The van der Waals surface area contributed by atoms with E-state index < -0.39 is 11.0 Å². The van der Waals surface area contributed by atoms with Crippen LogP contribution in [0.1, 0.15) is 64.5 Å². The van der Waals surface area contributed by atoms with Crippen LogP contribution in [0, 0.1) is 22.2 Å². The van der Waals surface area contributed by atoms with Crippen molar-refractivity contribution in [2.75, 3.05) is 20.2 Å². The largest absolute Gasteiger partial charge is 0.504 e. The fraction of sp³-hybridized carbons (Fsp3) is 0.769. The number of aliphatic hydroxyl groups is 2. The molecule has 5 heteroatoms. The van der Waals surface area contributed by atoms with Crippen molar-refractivity contribution in [1.82, 2.24) is 4.90 Å². The molecule has 2 heterocycles. The summed E-state index contributed by atoms with van der Waals surface area (Å²) in [6.45, 7) is 9.31. The molecule has 4 fully saturated rings. The number of hydrogen-bond donors (Lipinski definition) is 3. The van der Waals surface area contributed by atoms with Crippen molar-refractivity contribution < 1.29 is 20.1 Å². The summed E-state index contributed by atoms with van der Waals surface area (Å²) in [6, 6.07) is 4.27. The van der Waals surface area contributed by atoms with Crippen molar-refractivity contribution in [2.45, 2.75) is 83.0 Å². The van der Waals surface area contributed by atoms with Crippen LogP contribution in [0.4, 0.5) is 0 Å². The minimum atomic E-state index is -0.946. The minimum absolute atomic E-state index is 0.00641. The maximum absolute atomic E-state index is 12.0. The first kappa shape index (κ1) is 20.3. The molecule has 0 aromatic heterocycles.